The minimum absolute atomic E-state index is 0.991. The summed E-state index contributed by atoms with van der Waals surface area (Å²) >= 11 is 0. The molecule has 0 unspecified atom stereocenters. The third-order valence-corrected chi connectivity index (χ3v) is 3.64. The quantitative estimate of drug-likeness (QED) is 0.498. The summed E-state index contributed by atoms with van der Waals surface area (Å²) < 4.78 is 0. The topological polar surface area (TPSA) is 37.6 Å². The van der Waals surface area contributed by atoms with Crippen LogP contribution in [0.15, 0.2) is 64.1 Å². The monoisotopic (exact) mass is 355 g/mol. The molecule has 1 aromatic rings. The molecule has 0 amide bonds. The largest absolute Gasteiger partial charge is 0.265 e. The van der Waals surface area contributed by atoms with Crippen LogP contribution in [-0.2, 0) is 0 Å². The zero-order valence-corrected chi connectivity index (χ0v) is 17.2. The summed E-state index contributed by atoms with van der Waals surface area (Å²) in [5.74, 6) is 0. The molecule has 0 saturated carbocycles. The van der Waals surface area contributed by atoms with E-state index in [2.05, 4.69) is 42.7 Å². The highest BCUT2D eigenvalue weighted by molar-refractivity contribution is 5.88. The number of nitrogens with zero attached hydrogens (tertiary/aromatic N) is 3. The maximum absolute atomic E-state index is 4.02. The molecule has 0 aliphatic carbocycles. The first-order valence-electron chi connectivity index (χ1n) is 10.1. The van der Waals surface area contributed by atoms with Crippen molar-refractivity contribution in [3.8, 4) is 0 Å². The average molecular weight is 356 g/mol. The Kier molecular flexibility index (Phi) is 17.8. The van der Waals surface area contributed by atoms with Gasteiger partial charge in [-0.3, -0.25) is 15.0 Å². The molecule has 2 aliphatic rings. The Hall–Kier alpha value is -2.03. The Labute approximate surface area is 161 Å². The molecule has 0 bridgehead atoms. The molecule has 3 heterocycles. The number of pyridine rings is 1. The molecule has 0 fully saturated rings. The van der Waals surface area contributed by atoms with Crippen molar-refractivity contribution in [3.63, 3.8) is 0 Å². The van der Waals surface area contributed by atoms with Gasteiger partial charge in [0.25, 0.3) is 0 Å². The highest BCUT2D eigenvalue weighted by Gasteiger charge is 2.07. The average Bonchev–Trinajstić information content (AvgIpc) is 3.32. The molecule has 0 saturated heterocycles. The molecule has 3 nitrogen and oxygen atoms in total. The minimum Gasteiger partial charge on any atom is -0.265 e. The molecular weight excluding hydrogens is 318 g/mol. The van der Waals surface area contributed by atoms with Crippen LogP contribution in [0.4, 0.5) is 0 Å². The van der Waals surface area contributed by atoms with E-state index in [0.717, 1.165) is 11.4 Å². The Balaban J connectivity index is 0.000000325. The maximum atomic E-state index is 4.02. The van der Waals surface area contributed by atoms with Gasteiger partial charge >= 0.3 is 0 Å². The van der Waals surface area contributed by atoms with Crippen LogP contribution in [0, 0.1) is 0 Å². The number of hydrogen-bond donors (Lipinski definition) is 0. The lowest BCUT2D eigenvalue weighted by Crippen LogP contribution is -1.66. The lowest BCUT2D eigenvalue weighted by atomic mass is 10.2. The van der Waals surface area contributed by atoms with Gasteiger partial charge in [-0.2, -0.15) is 0 Å². The van der Waals surface area contributed by atoms with Crippen molar-refractivity contribution in [2.45, 2.75) is 79.1 Å². The molecule has 0 aromatic carbocycles. The van der Waals surface area contributed by atoms with E-state index in [4.69, 9.17) is 0 Å². The minimum atomic E-state index is 0.991. The van der Waals surface area contributed by atoms with Crippen LogP contribution >= 0.6 is 0 Å². The molecule has 0 atom stereocenters. The summed E-state index contributed by atoms with van der Waals surface area (Å²) in [6, 6.07) is 5.72. The van der Waals surface area contributed by atoms with Gasteiger partial charge in [-0.05, 0) is 24.3 Å². The fraction of sp³-hybridized carbons (Fsp3) is 0.522. The van der Waals surface area contributed by atoms with Gasteiger partial charge in [-0.1, -0.05) is 85.1 Å². The normalized spacial score (nSPS) is 12.5. The zero-order valence-electron chi connectivity index (χ0n) is 17.2. The second-order valence-corrected chi connectivity index (χ2v) is 6.10. The van der Waals surface area contributed by atoms with E-state index in [1.807, 2.05) is 30.4 Å². The second kappa shape index (κ2) is 19.3. The van der Waals surface area contributed by atoms with Gasteiger partial charge in [0.15, 0.2) is 0 Å². The molecule has 1 aromatic heterocycles. The van der Waals surface area contributed by atoms with Crippen molar-refractivity contribution >= 4 is 12.4 Å². The van der Waals surface area contributed by atoms with Gasteiger partial charge in [0.1, 0.15) is 0 Å². The standard InChI is InChI=1S/C6H4N2.2C6H14.C5H5N/c1-3-7-6-2-4-8-5(1)6;2*1-3-5-6-4-2;1-2-4-6-5-3-1/h1-4H;2*3-6H2,1-2H3;1-5H. The highest BCUT2D eigenvalue weighted by Crippen LogP contribution is 2.19. The molecule has 3 rings (SSSR count). The molecule has 0 spiro atoms. The van der Waals surface area contributed by atoms with Gasteiger partial charge in [-0.15, -0.1) is 0 Å². The fourth-order valence-corrected chi connectivity index (χ4v) is 2.08. The van der Waals surface area contributed by atoms with Crippen molar-refractivity contribution in [3.05, 3.63) is 54.1 Å². The maximum Gasteiger partial charge on any atom is 0.0901 e. The van der Waals surface area contributed by atoms with E-state index >= 15 is 0 Å². The van der Waals surface area contributed by atoms with Gasteiger partial charge in [0.2, 0.25) is 0 Å². The van der Waals surface area contributed by atoms with Gasteiger partial charge in [-0.25, -0.2) is 0 Å². The second-order valence-electron chi connectivity index (χ2n) is 6.10. The Morgan fingerprint density at radius 3 is 1.19 bits per heavy atom. The summed E-state index contributed by atoms with van der Waals surface area (Å²) in [5, 5.41) is 0. The predicted molar refractivity (Wildman–Crippen MR) is 117 cm³/mol. The first-order chi connectivity index (χ1) is 12.8. The van der Waals surface area contributed by atoms with Gasteiger partial charge < -0.3 is 0 Å². The zero-order chi connectivity index (χ0) is 19.3. The number of hydrogen-bond acceptors (Lipinski definition) is 3. The van der Waals surface area contributed by atoms with Crippen molar-refractivity contribution < 1.29 is 0 Å². The summed E-state index contributed by atoms with van der Waals surface area (Å²) in [5.41, 5.74) is 1.98. The first-order valence-corrected chi connectivity index (χ1v) is 10.1. The SMILES string of the molecule is C1=NC2=CC=NC2=C1.CCCCCC.CCCCCC.c1ccncc1. The summed E-state index contributed by atoms with van der Waals surface area (Å²) in [7, 11) is 0. The smallest absolute Gasteiger partial charge is 0.0901 e. The van der Waals surface area contributed by atoms with E-state index in [-0.39, 0.29) is 0 Å². The number of fused-ring (bicyclic) bond motifs is 1. The van der Waals surface area contributed by atoms with Crippen LogP contribution in [0.1, 0.15) is 79.1 Å². The van der Waals surface area contributed by atoms with Crippen LogP contribution in [-0.4, -0.2) is 17.4 Å². The molecule has 3 heteroatoms. The number of aliphatic imine (C=N–C) groups is 2. The third-order valence-electron chi connectivity index (χ3n) is 3.64. The van der Waals surface area contributed by atoms with Crippen LogP contribution in [0.25, 0.3) is 0 Å². The lowest BCUT2D eigenvalue weighted by molar-refractivity contribution is 0.702. The number of rotatable bonds is 6. The fourth-order valence-electron chi connectivity index (χ4n) is 2.08. The molecule has 0 radical (unpaired) electrons. The molecule has 0 N–H and O–H groups in total. The summed E-state index contributed by atoms with van der Waals surface area (Å²) in [6.07, 6.45) is 21.9. The lowest BCUT2D eigenvalue weighted by Gasteiger charge is -1.86. The highest BCUT2D eigenvalue weighted by atomic mass is 14.9. The van der Waals surface area contributed by atoms with E-state index < -0.39 is 0 Å². The van der Waals surface area contributed by atoms with Crippen LogP contribution in [0.2, 0.25) is 0 Å². The number of allylic oxidation sites excluding steroid dienone is 2. The molecule has 144 valence electrons. The van der Waals surface area contributed by atoms with Crippen molar-refractivity contribution in [1.82, 2.24) is 4.98 Å². The van der Waals surface area contributed by atoms with Crippen LogP contribution < -0.4 is 0 Å². The van der Waals surface area contributed by atoms with Crippen molar-refractivity contribution in [2.24, 2.45) is 9.98 Å². The Bertz CT molecular complexity index is 459. The van der Waals surface area contributed by atoms with Gasteiger partial charge in [0, 0.05) is 24.8 Å². The molecule has 26 heavy (non-hydrogen) atoms. The van der Waals surface area contributed by atoms with Crippen LogP contribution in [0.5, 0.6) is 0 Å². The van der Waals surface area contributed by atoms with Gasteiger partial charge in [0.05, 0.1) is 11.4 Å². The summed E-state index contributed by atoms with van der Waals surface area (Å²) in [4.78, 5) is 11.8. The molecule has 2 aliphatic heterocycles. The van der Waals surface area contributed by atoms with Crippen LogP contribution in [0.3, 0.4) is 0 Å². The van der Waals surface area contributed by atoms with E-state index in [1.165, 1.54) is 51.4 Å². The first kappa shape index (κ1) is 24.0. The van der Waals surface area contributed by atoms with Crippen molar-refractivity contribution in [1.29, 1.82) is 0 Å². The molecular formula is C23H37N3. The van der Waals surface area contributed by atoms with Crippen molar-refractivity contribution in [2.75, 3.05) is 0 Å². The Morgan fingerprint density at radius 1 is 0.577 bits per heavy atom. The summed E-state index contributed by atoms with van der Waals surface area (Å²) in [6.45, 7) is 8.93. The van der Waals surface area contributed by atoms with E-state index in [0.29, 0.717) is 0 Å². The van der Waals surface area contributed by atoms with E-state index in [9.17, 15) is 0 Å². The Morgan fingerprint density at radius 2 is 0.962 bits per heavy atom. The number of aromatic nitrogens is 1. The van der Waals surface area contributed by atoms with E-state index in [1.54, 1.807) is 24.8 Å². The number of unbranched alkanes of at least 4 members (excludes halogenated alkanes) is 6. The third kappa shape index (κ3) is 14.3. The predicted octanol–water partition coefficient (Wildman–Crippen LogP) is 7.18.